The molecule has 2 atom stereocenters. The highest BCUT2D eigenvalue weighted by atomic mass is 35.5. The largest absolute Gasteiger partial charge is 0.484 e. The Labute approximate surface area is 123 Å². The number of nitrogens with one attached hydrogen (secondary N) is 1. The summed E-state index contributed by atoms with van der Waals surface area (Å²) in [6, 6.07) is 4.28. The van der Waals surface area contributed by atoms with Crippen LogP contribution in [0, 0.1) is 11.7 Å². The monoisotopic (exact) mass is 299 g/mol. The van der Waals surface area contributed by atoms with Crippen molar-refractivity contribution in [2.24, 2.45) is 5.92 Å². The molecule has 20 heavy (non-hydrogen) atoms. The Hall–Kier alpha value is -1.29. The minimum absolute atomic E-state index is 0.0104. The lowest BCUT2D eigenvalue weighted by molar-refractivity contribution is -0.124. The van der Waals surface area contributed by atoms with Crippen LogP contribution in [0.4, 0.5) is 4.39 Å². The molecule has 110 valence electrons. The summed E-state index contributed by atoms with van der Waals surface area (Å²) in [5.41, 5.74) is 0. The Bertz CT molecular complexity index is 481. The number of amides is 1. The molecule has 1 aromatic rings. The lowest BCUT2D eigenvalue weighted by Gasteiger charge is -2.29. The predicted octanol–water partition coefficient (Wildman–Crippen LogP) is 3.55. The number of hydrogen-bond donors (Lipinski definition) is 1. The van der Waals surface area contributed by atoms with Gasteiger partial charge < -0.3 is 10.1 Å². The van der Waals surface area contributed by atoms with E-state index in [2.05, 4.69) is 12.2 Å². The summed E-state index contributed by atoms with van der Waals surface area (Å²) in [5, 5.41) is 2.98. The molecule has 0 aliphatic heterocycles. The van der Waals surface area contributed by atoms with Crippen molar-refractivity contribution in [2.45, 2.75) is 38.6 Å². The molecule has 1 aliphatic carbocycles. The lowest BCUT2D eigenvalue weighted by Crippen LogP contribution is -2.43. The van der Waals surface area contributed by atoms with Gasteiger partial charge >= 0.3 is 0 Å². The number of ether oxygens (including phenoxy) is 1. The third-order valence-corrected chi connectivity index (χ3v) is 4.01. The van der Waals surface area contributed by atoms with Gasteiger partial charge in [-0.1, -0.05) is 31.4 Å². The van der Waals surface area contributed by atoms with Gasteiger partial charge in [-0.2, -0.15) is 0 Å². The van der Waals surface area contributed by atoms with Crippen LogP contribution >= 0.6 is 11.6 Å². The minimum Gasteiger partial charge on any atom is -0.484 e. The minimum atomic E-state index is -0.500. The fraction of sp³-hybridized carbons (Fsp3) is 0.533. The third kappa shape index (κ3) is 4.10. The van der Waals surface area contributed by atoms with Gasteiger partial charge in [0.05, 0.1) is 5.02 Å². The second-order valence-corrected chi connectivity index (χ2v) is 5.71. The molecule has 0 saturated heterocycles. The van der Waals surface area contributed by atoms with Crippen LogP contribution in [0.2, 0.25) is 5.02 Å². The number of benzene rings is 1. The first-order valence-corrected chi connectivity index (χ1v) is 7.31. The van der Waals surface area contributed by atoms with Crippen molar-refractivity contribution in [3.8, 4) is 5.75 Å². The van der Waals surface area contributed by atoms with Gasteiger partial charge in [0, 0.05) is 12.1 Å². The van der Waals surface area contributed by atoms with E-state index < -0.39 is 5.82 Å². The molecule has 0 radical (unpaired) electrons. The summed E-state index contributed by atoms with van der Waals surface area (Å²) in [6.45, 7) is 2.08. The van der Waals surface area contributed by atoms with Crippen LogP contribution in [0.25, 0.3) is 0 Å². The fourth-order valence-electron chi connectivity index (χ4n) is 2.49. The van der Waals surface area contributed by atoms with Crippen LogP contribution in [0.15, 0.2) is 18.2 Å². The van der Waals surface area contributed by atoms with E-state index >= 15 is 0 Å². The molecule has 1 aromatic carbocycles. The molecule has 3 nitrogen and oxygen atoms in total. The second-order valence-electron chi connectivity index (χ2n) is 5.30. The molecule has 0 heterocycles. The zero-order valence-electron chi connectivity index (χ0n) is 11.5. The molecule has 2 rings (SSSR count). The van der Waals surface area contributed by atoms with E-state index in [1.54, 1.807) is 0 Å². The van der Waals surface area contributed by atoms with Crippen molar-refractivity contribution in [2.75, 3.05) is 6.61 Å². The van der Waals surface area contributed by atoms with E-state index in [0.29, 0.717) is 11.7 Å². The van der Waals surface area contributed by atoms with Gasteiger partial charge in [0.2, 0.25) is 0 Å². The maximum atomic E-state index is 13.0. The number of hydrogen-bond acceptors (Lipinski definition) is 2. The maximum absolute atomic E-state index is 13.0. The zero-order valence-corrected chi connectivity index (χ0v) is 12.3. The average Bonchev–Trinajstić information content (AvgIpc) is 2.43. The molecule has 1 amide bonds. The van der Waals surface area contributed by atoms with Crippen LogP contribution in [0.3, 0.4) is 0 Å². The first kappa shape index (κ1) is 15.1. The van der Waals surface area contributed by atoms with E-state index in [1.807, 2.05) is 0 Å². The Morgan fingerprint density at radius 2 is 2.20 bits per heavy atom. The molecule has 1 fully saturated rings. The molecular weight excluding hydrogens is 281 g/mol. The van der Waals surface area contributed by atoms with Crippen LogP contribution < -0.4 is 10.1 Å². The summed E-state index contributed by atoms with van der Waals surface area (Å²) < 4.78 is 18.3. The van der Waals surface area contributed by atoms with Crippen LogP contribution in [0.1, 0.15) is 32.6 Å². The Morgan fingerprint density at radius 3 is 2.90 bits per heavy atom. The van der Waals surface area contributed by atoms with Crippen molar-refractivity contribution in [3.05, 3.63) is 29.0 Å². The van der Waals surface area contributed by atoms with Gasteiger partial charge in [0.15, 0.2) is 6.61 Å². The van der Waals surface area contributed by atoms with Gasteiger partial charge in [0.1, 0.15) is 11.6 Å². The van der Waals surface area contributed by atoms with Crippen molar-refractivity contribution in [1.29, 1.82) is 0 Å². The van der Waals surface area contributed by atoms with Crippen LogP contribution in [-0.2, 0) is 4.79 Å². The summed E-state index contributed by atoms with van der Waals surface area (Å²) >= 11 is 5.65. The summed E-state index contributed by atoms with van der Waals surface area (Å²) in [4.78, 5) is 11.8. The van der Waals surface area contributed by atoms with Crippen LogP contribution in [0.5, 0.6) is 5.75 Å². The maximum Gasteiger partial charge on any atom is 0.258 e. The molecule has 5 heteroatoms. The lowest BCUT2D eigenvalue weighted by atomic mass is 9.86. The Balaban J connectivity index is 1.81. The molecule has 1 N–H and O–H groups in total. The predicted molar refractivity (Wildman–Crippen MR) is 76.5 cm³/mol. The normalized spacial score (nSPS) is 22.4. The van der Waals surface area contributed by atoms with E-state index in [9.17, 15) is 9.18 Å². The summed E-state index contributed by atoms with van der Waals surface area (Å²) in [6.07, 6.45) is 4.57. The number of halogens is 2. The first-order chi connectivity index (χ1) is 9.56. The van der Waals surface area contributed by atoms with Crippen molar-refractivity contribution in [1.82, 2.24) is 5.32 Å². The molecule has 0 bridgehead atoms. The average molecular weight is 300 g/mol. The van der Waals surface area contributed by atoms with Gasteiger partial charge in [-0.25, -0.2) is 4.39 Å². The highest BCUT2D eigenvalue weighted by Crippen LogP contribution is 2.24. The highest BCUT2D eigenvalue weighted by molar-refractivity contribution is 6.30. The van der Waals surface area contributed by atoms with Gasteiger partial charge in [-0.3, -0.25) is 4.79 Å². The van der Waals surface area contributed by atoms with E-state index in [-0.39, 0.29) is 23.6 Å². The fourth-order valence-corrected chi connectivity index (χ4v) is 2.67. The number of carbonyl (C=O) groups is 1. The SMILES string of the molecule is C[C@H]1CCCC[C@@H]1NC(=O)COc1ccc(F)c(Cl)c1. The third-order valence-electron chi connectivity index (χ3n) is 3.72. The molecule has 0 aromatic heterocycles. The molecular formula is C15H19ClFNO2. The van der Waals surface area contributed by atoms with Crippen molar-refractivity contribution < 1.29 is 13.9 Å². The standard InChI is InChI=1S/C15H19ClFNO2/c1-10-4-2-3-5-14(10)18-15(19)9-20-11-6-7-13(17)12(16)8-11/h6-8,10,14H,2-5,9H2,1H3,(H,18,19)/t10-,14-/m0/s1. The molecule has 0 spiro atoms. The van der Waals surface area contributed by atoms with Gasteiger partial charge in [0.25, 0.3) is 5.91 Å². The topological polar surface area (TPSA) is 38.3 Å². The van der Waals surface area contributed by atoms with Gasteiger partial charge in [-0.05, 0) is 30.9 Å². The first-order valence-electron chi connectivity index (χ1n) is 6.93. The number of carbonyl (C=O) groups excluding carboxylic acids is 1. The molecule has 1 saturated carbocycles. The summed E-state index contributed by atoms with van der Waals surface area (Å²) in [7, 11) is 0. The van der Waals surface area contributed by atoms with E-state index in [0.717, 1.165) is 19.3 Å². The Morgan fingerprint density at radius 1 is 1.45 bits per heavy atom. The smallest absolute Gasteiger partial charge is 0.258 e. The quantitative estimate of drug-likeness (QED) is 0.923. The van der Waals surface area contributed by atoms with Crippen molar-refractivity contribution in [3.63, 3.8) is 0 Å². The van der Waals surface area contributed by atoms with E-state index in [1.165, 1.54) is 24.6 Å². The van der Waals surface area contributed by atoms with Gasteiger partial charge in [-0.15, -0.1) is 0 Å². The highest BCUT2D eigenvalue weighted by Gasteiger charge is 2.22. The molecule has 0 unspecified atom stereocenters. The van der Waals surface area contributed by atoms with Crippen LogP contribution in [-0.4, -0.2) is 18.6 Å². The Kier molecular flexibility index (Phi) is 5.24. The van der Waals surface area contributed by atoms with E-state index in [4.69, 9.17) is 16.3 Å². The molecule has 1 aliphatic rings. The number of rotatable bonds is 4. The van der Waals surface area contributed by atoms with Crippen molar-refractivity contribution >= 4 is 17.5 Å². The zero-order chi connectivity index (χ0) is 14.5. The summed E-state index contributed by atoms with van der Waals surface area (Å²) in [5.74, 6) is 0.250. The second kappa shape index (κ2) is 6.93.